The van der Waals surface area contributed by atoms with E-state index in [1.165, 1.54) is 0 Å². The maximum absolute atomic E-state index is 14.6. The molecular weight excluding hydrogens is 383 g/mol. The first-order valence-corrected chi connectivity index (χ1v) is 10.1. The number of morpholine rings is 1. The van der Waals surface area contributed by atoms with Crippen molar-refractivity contribution in [1.82, 2.24) is 10.1 Å². The highest BCUT2D eigenvalue weighted by molar-refractivity contribution is 5.81. The lowest BCUT2D eigenvalue weighted by molar-refractivity contribution is 0.0675. The molecule has 0 saturated carbocycles. The molecule has 156 valence electrons. The fourth-order valence-electron chi connectivity index (χ4n) is 3.49. The molecule has 0 atom stereocenters. The van der Waals surface area contributed by atoms with Crippen LogP contribution in [0, 0.1) is 12.7 Å². The van der Waals surface area contributed by atoms with Crippen molar-refractivity contribution in [1.29, 1.82) is 0 Å². The molecule has 0 bridgehead atoms. The molecule has 3 aromatic rings. The first kappa shape index (κ1) is 20.1. The summed E-state index contributed by atoms with van der Waals surface area (Å²) in [5.74, 6) is 1.41. The van der Waals surface area contributed by atoms with Gasteiger partial charge in [-0.3, -0.25) is 0 Å². The Morgan fingerprint density at radius 3 is 2.63 bits per heavy atom. The fraction of sp³-hybridized carbons (Fsp3) is 0.304. The van der Waals surface area contributed by atoms with Gasteiger partial charge >= 0.3 is 0 Å². The Balaban J connectivity index is 1.43. The molecule has 0 unspecified atom stereocenters. The molecule has 2 heterocycles. The molecular formula is C23H25FN4O2. The molecule has 0 aliphatic carbocycles. The second-order valence-electron chi connectivity index (χ2n) is 7.30. The van der Waals surface area contributed by atoms with Crippen molar-refractivity contribution in [2.24, 2.45) is 10.7 Å². The van der Waals surface area contributed by atoms with E-state index in [0.717, 1.165) is 22.5 Å². The van der Waals surface area contributed by atoms with Crippen molar-refractivity contribution >= 4 is 11.8 Å². The van der Waals surface area contributed by atoms with E-state index in [4.69, 9.17) is 15.0 Å². The number of guanidine groups is 1. The average Bonchev–Trinajstić information content (AvgIpc) is 3.12. The molecule has 1 fully saturated rings. The third kappa shape index (κ3) is 4.52. The van der Waals surface area contributed by atoms with E-state index in [2.05, 4.69) is 10.1 Å². The number of hydrogen-bond acceptors (Lipinski definition) is 4. The number of benzene rings is 2. The summed E-state index contributed by atoms with van der Waals surface area (Å²) >= 11 is 0. The summed E-state index contributed by atoms with van der Waals surface area (Å²) in [4.78, 5) is 6.38. The molecule has 2 aromatic carbocycles. The summed E-state index contributed by atoms with van der Waals surface area (Å²) in [6, 6.07) is 14.9. The lowest BCUT2D eigenvalue weighted by Crippen LogP contribution is -2.44. The van der Waals surface area contributed by atoms with Gasteiger partial charge in [0, 0.05) is 30.6 Å². The Labute approximate surface area is 175 Å². The minimum Gasteiger partial charge on any atom is -0.378 e. The van der Waals surface area contributed by atoms with Gasteiger partial charge in [-0.15, -0.1) is 0 Å². The largest absolute Gasteiger partial charge is 0.378 e. The van der Waals surface area contributed by atoms with Gasteiger partial charge in [0.2, 0.25) is 5.82 Å². The van der Waals surface area contributed by atoms with Crippen LogP contribution in [0.4, 0.5) is 10.2 Å². The van der Waals surface area contributed by atoms with Crippen molar-refractivity contribution < 1.29 is 13.7 Å². The third-order valence-electron chi connectivity index (χ3n) is 5.31. The molecule has 0 radical (unpaired) electrons. The standard InChI is InChI=1S/C23H25FN4O2/c1-16-21(30-27-22(16)26-23(25)28-11-13-29-14-12-28)10-8-17-7-9-19(20(24)15-17)18-5-3-2-4-6-18/h2-7,9,15H,8,10-14H2,1H3,(H2,25,26,27). The van der Waals surface area contributed by atoms with Crippen LogP contribution in [-0.4, -0.2) is 42.3 Å². The monoisotopic (exact) mass is 408 g/mol. The predicted molar refractivity (Wildman–Crippen MR) is 114 cm³/mol. The van der Waals surface area contributed by atoms with Gasteiger partial charge in [0.15, 0.2) is 5.96 Å². The summed E-state index contributed by atoms with van der Waals surface area (Å²) < 4.78 is 25.4. The summed E-state index contributed by atoms with van der Waals surface area (Å²) in [5, 5.41) is 4.06. The number of aryl methyl sites for hydroxylation is 2. The molecule has 1 saturated heterocycles. The summed E-state index contributed by atoms with van der Waals surface area (Å²) in [6.45, 7) is 4.61. The van der Waals surface area contributed by atoms with Crippen molar-refractivity contribution in [3.8, 4) is 11.1 Å². The van der Waals surface area contributed by atoms with Gasteiger partial charge in [-0.2, -0.15) is 4.99 Å². The fourth-order valence-corrected chi connectivity index (χ4v) is 3.49. The van der Waals surface area contributed by atoms with Gasteiger partial charge in [-0.05, 0) is 30.5 Å². The van der Waals surface area contributed by atoms with Gasteiger partial charge in [-0.1, -0.05) is 47.6 Å². The van der Waals surface area contributed by atoms with Crippen molar-refractivity contribution in [3.63, 3.8) is 0 Å². The van der Waals surface area contributed by atoms with Gasteiger partial charge in [0.1, 0.15) is 11.6 Å². The number of aliphatic imine (C=N–C) groups is 1. The van der Waals surface area contributed by atoms with Gasteiger partial charge in [0.05, 0.1) is 13.2 Å². The van der Waals surface area contributed by atoms with E-state index >= 15 is 0 Å². The summed E-state index contributed by atoms with van der Waals surface area (Å²) in [7, 11) is 0. The molecule has 4 rings (SSSR count). The zero-order valence-electron chi connectivity index (χ0n) is 17.0. The van der Waals surface area contributed by atoms with Crippen LogP contribution >= 0.6 is 0 Å². The Morgan fingerprint density at radius 2 is 1.90 bits per heavy atom. The van der Waals surface area contributed by atoms with E-state index in [-0.39, 0.29) is 5.82 Å². The molecule has 1 aromatic heterocycles. The highest BCUT2D eigenvalue weighted by Crippen LogP contribution is 2.25. The van der Waals surface area contributed by atoms with Crippen LogP contribution in [0.3, 0.4) is 0 Å². The van der Waals surface area contributed by atoms with E-state index in [1.54, 1.807) is 6.07 Å². The molecule has 0 amide bonds. The number of nitrogens with zero attached hydrogens (tertiary/aromatic N) is 3. The number of aromatic nitrogens is 1. The first-order chi connectivity index (χ1) is 14.6. The summed E-state index contributed by atoms with van der Waals surface area (Å²) in [6.07, 6.45) is 1.25. The van der Waals surface area contributed by atoms with Crippen LogP contribution in [0.1, 0.15) is 16.9 Å². The van der Waals surface area contributed by atoms with Crippen LogP contribution in [0.5, 0.6) is 0 Å². The zero-order chi connectivity index (χ0) is 20.9. The van der Waals surface area contributed by atoms with Gasteiger partial charge in [-0.25, -0.2) is 4.39 Å². The van der Waals surface area contributed by atoms with Crippen LogP contribution in [0.25, 0.3) is 11.1 Å². The second kappa shape index (κ2) is 9.09. The smallest absolute Gasteiger partial charge is 0.201 e. The van der Waals surface area contributed by atoms with E-state index in [1.807, 2.05) is 54.3 Å². The Kier molecular flexibility index (Phi) is 6.09. The van der Waals surface area contributed by atoms with Crippen molar-refractivity contribution in [3.05, 3.63) is 71.2 Å². The maximum Gasteiger partial charge on any atom is 0.201 e. The quantitative estimate of drug-likeness (QED) is 0.513. The lowest BCUT2D eigenvalue weighted by Gasteiger charge is -2.27. The minimum atomic E-state index is -0.225. The van der Waals surface area contributed by atoms with Gasteiger partial charge in [0.25, 0.3) is 0 Å². The van der Waals surface area contributed by atoms with Crippen molar-refractivity contribution in [2.45, 2.75) is 19.8 Å². The highest BCUT2D eigenvalue weighted by Gasteiger charge is 2.16. The predicted octanol–water partition coefficient (Wildman–Crippen LogP) is 3.85. The normalized spacial score (nSPS) is 14.9. The molecule has 30 heavy (non-hydrogen) atoms. The van der Waals surface area contributed by atoms with Crippen LogP contribution in [0.15, 0.2) is 58.0 Å². The average molecular weight is 408 g/mol. The van der Waals surface area contributed by atoms with Crippen LogP contribution in [0.2, 0.25) is 0 Å². The molecule has 1 aliphatic rings. The second-order valence-corrected chi connectivity index (χ2v) is 7.30. The van der Waals surface area contributed by atoms with Crippen LogP contribution in [-0.2, 0) is 17.6 Å². The number of ether oxygens (including phenoxy) is 1. The highest BCUT2D eigenvalue weighted by atomic mass is 19.1. The zero-order valence-corrected chi connectivity index (χ0v) is 17.0. The number of nitrogens with two attached hydrogens (primary N) is 1. The van der Waals surface area contributed by atoms with Crippen molar-refractivity contribution in [2.75, 3.05) is 26.3 Å². The van der Waals surface area contributed by atoms with E-state index in [9.17, 15) is 4.39 Å². The first-order valence-electron chi connectivity index (χ1n) is 10.1. The lowest BCUT2D eigenvalue weighted by atomic mass is 10.0. The van der Waals surface area contributed by atoms with E-state index < -0.39 is 0 Å². The molecule has 7 heteroatoms. The molecule has 2 N–H and O–H groups in total. The number of hydrogen-bond donors (Lipinski definition) is 1. The molecule has 0 spiro atoms. The van der Waals surface area contributed by atoms with Gasteiger partial charge < -0.3 is 19.9 Å². The Morgan fingerprint density at radius 1 is 1.13 bits per heavy atom. The Bertz CT molecular complexity index is 1030. The minimum absolute atomic E-state index is 0.225. The van der Waals surface area contributed by atoms with E-state index in [0.29, 0.717) is 56.5 Å². The topological polar surface area (TPSA) is 76.9 Å². The Hall–Kier alpha value is -3.19. The van der Waals surface area contributed by atoms with Crippen LogP contribution < -0.4 is 5.73 Å². The number of rotatable bonds is 5. The molecule has 6 nitrogen and oxygen atoms in total. The number of halogens is 1. The maximum atomic E-state index is 14.6. The SMILES string of the molecule is Cc1c(N=C(N)N2CCOCC2)noc1CCc1ccc(-c2ccccc2)c(F)c1. The summed E-state index contributed by atoms with van der Waals surface area (Å²) in [5.41, 5.74) is 9.33. The molecule has 1 aliphatic heterocycles. The third-order valence-corrected chi connectivity index (χ3v) is 5.31.